The standard InChI is InChI=1S/C16H19N5O/c1-9-10(2)15(20-8-12-6-13(12)16(20)22)17-7-14(9)11(3)21-5-4-18-19-21/h4-5,7,11-13H,6,8H2,1-3H3/t11-,12+,13+/m0/s1. The first-order valence-electron chi connectivity index (χ1n) is 7.71. The first-order valence-corrected chi connectivity index (χ1v) is 7.71. The molecule has 0 radical (unpaired) electrons. The number of pyridine rings is 1. The van der Waals surface area contributed by atoms with Gasteiger partial charge >= 0.3 is 0 Å². The molecule has 0 bridgehead atoms. The minimum absolute atomic E-state index is 0.0745. The van der Waals surface area contributed by atoms with Gasteiger partial charge in [0.2, 0.25) is 5.91 Å². The quantitative estimate of drug-likeness (QED) is 0.867. The molecule has 1 saturated heterocycles. The summed E-state index contributed by atoms with van der Waals surface area (Å²) in [5, 5.41) is 7.93. The highest BCUT2D eigenvalue weighted by Gasteiger charge is 2.53. The molecule has 0 N–H and O–H groups in total. The fourth-order valence-corrected chi connectivity index (χ4v) is 3.44. The Bertz CT molecular complexity index is 739. The Kier molecular flexibility index (Phi) is 2.82. The van der Waals surface area contributed by atoms with E-state index in [2.05, 4.69) is 29.1 Å². The highest BCUT2D eigenvalue weighted by atomic mass is 16.2. The monoisotopic (exact) mass is 297 g/mol. The van der Waals surface area contributed by atoms with Gasteiger partial charge in [-0.2, -0.15) is 0 Å². The molecular weight excluding hydrogens is 278 g/mol. The van der Waals surface area contributed by atoms with Crippen LogP contribution in [0.3, 0.4) is 0 Å². The number of piperidine rings is 1. The fraction of sp³-hybridized carbons (Fsp3) is 0.500. The van der Waals surface area contributed by atoms with Crippen molar-refractivity contribution in [2.75, 3.05) is 11.4 Å². The largest absolute Gasteiger partial charge is 0.296 e. The molecule has 2 aromatic heterocycles. The first-order chi connectivity index (χ1) is 10.6. The smallest absolute Gasteiger partial charge is 0.231 e. The van der Waals surface area contributed by atoms with Gasteiger partial charge in [-0.05, 0) is 49.8 Å². The zero-order valence-electron chi connectivity index (χ0n) is 13.0. The Hall–Kier alpha value is -2.24. The normalized spacial score (nSPS) is 24.5. The number of rotatable bonds is 3. The molecule has 6 nitrogen and oxygen atoms in total. The Morgan fingerprint density at radius 1 is 1.32 bits per heavy atom. The average molecular weight is 297 g/mol. The van der Waals surface area contributed by atoms with Crippen molar-refractivity contribution in [1.29, 1.82) is 0 Å². The van der Waals surface area contributed by atoms with Crippen molar-refractivity contribution in [3.63, 3.8) is 0 Å². The van der Waals surface area contributed by atoms with E-state index < -0.39 is 0 Å². The first kappa shape index (κ1) is 13.4. The van der Waals surface area contributed by atoms with Gasteiger partial charge in [0.1, 0.15) is 5.82 Å². The van der Waals surface area contributed by atoms with Gasteiger partial charge in [-0.1, -0.05) is 5.21 Å². The van der Waals surface area contributed by atoms with Crippen molar-refractivity contribution in [3.05, 3.63) is 35.3 Å². The van der Waals surface area contributed by atoms with Gasteiger partial charge in [0, 0.05) is 24.9 Å². The lowest BCUT2D eigenvalue weighted by molar-refractivity contribution is -0.118. The van der Waals surface area contributed by atoms with E-state index in [1.807, 2.05) is 28.9 Å². The molecule has 0 aromatic carbocycles. The summed E-state index contributed by atoms with van der Waals surface area (Å²) in [6, 6.07) is 0.0745. The van der Waals surface area contributed by atoms with Gasteiger partial charge < -0.3 is 0 Å². The van der Waals surface area contributed by atoms with E-state index in [9.17, 15) is 4.79 Å². The van der Waals surface area contributed by atoms with Crippen molar-refractivity contribution in [3.8, 4) is 0 Å². The van der Waals surface area contributed by atoms with E-state index in [0.717, 1.165) is 29.9 Å². The zero-order chi connectivity index (χ0) is 15.4. The molecule has 2 aromatic rings. The van der Waals surface area contributed by atoms with Crippen LogP contribution in [0.4, 0.5) is 5.82 Å². The third-order valence-corrected chi connectivity index (χ3v) is 5.12. The molecule has 22 heavy (non-hydrogen) atoms. The van der Waals surface area contributed by atoms with Gasteiger partial charge in [0.15, 0.2) is 0 Å². The van der Waals surface area contributed by atoms with E-state index in [1.165, 1.54) is 5.56 Å². The van der Waals surface area contributed by atoms with Crippen molar-refractivity contribution in [2.45, 2.75) is 33.2 Å². The van der Waals surface area contributed by atoms with Crippen molar-refractivity contribution < 1.29 is 4.79 Å². The Morgan fingerprint density at radius 2 is 2.14 bits per heavy atom. The van der Waals surface area contributed by atoms with Crippen LogP contribution in [0.15, 0.2) is 18.6 Å². The van der Waals surface area contributed by atoms with Crippen LogP contribution in [0.1, 0.15) is 36.1 Å². The number of nitrogens with zero attached hydrogens (tertiary/aromatic N) is 5. The van der Waals surface area contributed by atoms with Crippen molar-refractivity contribution in [1.82, 2.24) is 20.0 Å². The lowest BCUT2D eigenvalue weighted by Crippen LogP contribution is -2.30. The average Bonchev–Trinajstić information content (AvgIpc) is 2.94. The summed E-state index contributed by atoms with van der Waals surface area (Å²) in [5.74, 6) is 1.89. The second kappa shape index (κ2) is 4.63. The van der Waals surface area contributed by atoms with Crippen LogP contribution in [0, 0.1) is 25.7 Å². The van der Waals surface area contributed by atoms with Crippen LogP contribution >= 0.6 is 0 Å². The molecule has 114 valence electrons. The number of hydrogen-bond donors (Lipinski definition) is 0. The summed E-state index contributed by atoms with van der Waals surface area (Å²) in [4.78, 5) is 18.7. The zero-order valence-corrected chi connectivity index (χ0v) is 13.0. The molecule has 0 spiro atoms. The number of aromatic nitrogens is 4. The molecule has 1 aliphatic carbocycles. The Morgan fingerprint density at radius 3 is 2.77 bits per heavy atom. The number of carbonyl (C=O) groups excluding carboxylic acids is 1. The maximum Gasteiger partial charge on any atom is 0.231 e. The summed E-state index contributed by atoms with van der Waals surface area (Å²) in [7, 11) is 0. The molecule has 1 aliphatic heterocycles. The lowest BCUT2D eigenvalue weighted by atomic mass is 10.0. The van der Waals surface area contributed by atoms with E-state index >= 15 is 0 Å². The summed E-state index contributed by atoms with van der Waals surface area (Å²) in [6.45, 7) is 7.04. The van der Waals surface area contributed by atoms with Crippen LogP contribution < -0.4 is 4.90 Å². The molecule has 2 aliphatic rings. The molecular formula is C16H19N5O. The van der Waals surface area contributed by atoms with Gasteiger partial charge in [-0.15, -0.1) is 5.10 Å². The Labute approximate surface area is 129 Å². The molecule has 0 unspecified atom stereocenters. The second-order valence-electron chi connectivity index (χ2n) is 6.40. The number of hydrogen-bond acceptors (Lipinski definition) is 4. The lowest BCUT2D eigenvalue weighted by Gasteiger charge is -2.23. The topological polar surface area (TPSA) is 63.9 Å². The van der Waals surface area contributed by atoms with Crippen molar-refractivity contribution in [2.24, 2.45) is 11.8 Å². The second-order valence-corrected chi connectivity index (χ2v) is 6.40. The molecule has 3 heterocycles. The van der Waals surface area contributed by atoms with Gasteiger partial charge in [0.05, 0.1) is 12.2 Å². The molecule has 4 rings (SSSR count). The fourth-order valence-electron chi connectivity index (χ4n) is 3.44. The summed E-state index contributed by atoms with van der Waals surface area (Å²) in [6.07, 6.45) is 6.47. The van der Waals surface area contributed by atoms with Crippen LogP contribution in [-0.4, -0.2) is 32.4 Å². The van der Waals surface area contributed by atoms with Crippen molar-refractivity contribution >= 4 is 11.7 Å². The summed E-state index contributed by atoms with van der Waals surface area (Å²) < 4.78 is 1.82. The highest BCUT2D eigenvalue weighted by molar-refractivity contribution is 5.99. The molecule has 1 saturated carbocycles. The third kappa shape index (κ3) is 1.86. The van der Waals surface area contributed by atoms with Gasteiger partial charge in [0.25, 0.3) is 0 Å². The third-order valence-electron chi connectivity index (χ3n) is 5.12. The van der Waals surface area contributed by atoms with Crippen LogP contribution in [-0.2, 0) is 4.79 Å². The number of fused-ring (bicyclic) bond motifs is 1. The minimum Gasteiger partial charge on any atom is -0.296 e. The van der Waals surface area contributed by atoms with Crippen LogP contribution in [0.5, 0.6) is 0 Å². The van der Waals surface area contributed by atoms with Crippen LogP contribution in [0.25, 0.3) is 0 Å². The summed E-state index contributed by atoms with van der Waals surface area (Å²) >= 11 is 0. The van der Waals surface area contributed by atoms with E-state index in [4.69, 9.17) is 0 Å². The van der Waals surface area contributed by atoms with Crippen LogP contribution in [0.2, 0.25) is 0 Å². The maximum absolute atomic E-state index is 12.3. The highest BCUT2D eigenvalue weighted by Crippen LogP contribution is 2.47. The number of carbonyl (C=O) groups is 1. The van der Waals surface area contributed by atoms with E-state index in [-0.39, 0.29) is 17.9 Å². The molecule has 2 fully saturated rings. The minimum atomic E-state index is 0.0745. The maximum atomic E-state index is 12.3. The predicted octanol–water partition coefficient (Wildman–Crippen LogP) is 1.88. The summed E-state index contributed by atoms with van der Waals surface area (Å²) in [5.41, 5.74) is 3.36. The number of anilines is 1. The SMILES string of the molecule is Cc1c([C@H](C)n2ccnn2)cnc(N2C[C@H]3C[C@H]3C2=O)c1C. The Balaban J connectivity index is 1.69. The molecule has 6 heteroatoms. The molecule has 1 amide bonds. The van der Waals surface area contributed by atoms with E-state index in [0.29, 0.717) is 5.92 Å². The van der Waals surface area contributed by atoms with E-state index in [1.54, 1.807) is 6.20 Å². The predicted molar refractivity (Wildman–Crippen MR) is 81.5 cm³/mol. The van der Waals surface area contributed by atoms with Gasteiger partial charge in [-0.3, -0.25) is 9.69 Å². The van der Waals surface area contributed by atoms with Gasteiger partial charge in [-0.25, -0.2) is 9.67 Å². The molecule has 3 atom stereocenters. The number of amides is 1.